The lowest BCUT2D eigenvalue weighted by atomic mass is 10.1. The lowest BCUT2D eigenvalue weighted by Crippen LogP contribution is -2.23. The molecule has 0 spiro atoms. The quantitative estimate of drug-likeness (QED) is 0.296. The van der Waals surface area contributed by atoms with Gasteiger partial charge in [0, 0.05) is 39.6 Å². The third kappa shape index (κ3) is 3.32. The highest BCUT2D eigenvalue weighted by Crippen LogP contribution is 2.30. The Labute approximate surface area is 202 Å². The van der Waals surface area contributed by atoms with Crippen LogP contribution in [0.25, 0.3) is 43.6 Å². The average molecular weight is 454 g/mol. The van der Waals surface area contributed by atoms with Crippen LogP contribution < -0.4 is 4.90 Å². The molecule has 0 aliphatic heterocycles. The Bertz CT molecular complexity index is 1700. The monoisotopic (exact) mass is 453 g/mol. The zero-order valence-electron chi connectivity index (χ0n) is 19.1. The van der Waals surface area contributed by atoms with Crippen molar-refractivity contribution >= 4 is 49.3 Å². The van der Waals surface area contributed by atoms with Crippen LogP contribution in [0.4, 0.5) is 5.69 Å². The van der Waals surface area contributed by atoms with Gasteiger partial charge in [0.2, 0.25) is 0 Å². The topological polar surface area (TPSA) is 60.6 Å². The van der Waals surface area contributed by atoms with E-state index in [4.69, 9.17) is 9.97 Å². The number of anilines is 1. The first-order chi connectivity index (χ1) is 17.3. The second-order valence-corrected chi connectivity index (χ2v) is 8.88. The molecule has 0 fully saturated rings. The zero-order chi connectivity index (χ0) is 23.2. The van der Waals surface area contributed by atoms with Gasteiger partial charge < -0.3 is 14.9 Å². The van der Waals surface area contributed by atoms with E-state index in [1.54, 1.807) is 0 Å². The maximum Gasteiger partial charge on any atom is 0.0845 e. The molecule has 35 heavy (non-hydrogen) atoms. The van der Waals surface area contributed by atoms with Gasteiger partial charge in [-0.2, -0.15) is 0 Å². The van der Waals surface area contributed by atoms with Crippen molar-refractivity contribution in [1.29, 1.82) is 0 Å². The third-order valence-corrected chi connectivity index (χ3v) is 6.77. The molecule has 0 aliphatic rings. The number of aromatic nitrogens is 4. The summed E-state index contributed by atoms with van der Waals surface area (Å²) in [4.78, 5) is 19.4. The number of pyridine rings is 2. The summed E-state index contributed by atoms with van der Waals surface area (Å²) in [6.45, 7) is 1.31. The molecule has 0 bridgehead atoms. The maximum atomic E-state index is 5.08. The van der Waals surface area contributed by atoms with Crippen molar-refractivity contribution in [2.24, 2.45) is 0 Å². The van der Waals surface area contributed by atoms with E-state index < -0.39 is 0 Å². The molecule has 0 saturated heterocycles. The van der Waals surface area contributed by atoms with Crippen LogP contribution in [0.15, 0.2) is 103 Å². The number of hydrogen-bond donors (Lipinski definition) is 2. The number of para-hydroxylation sites is 3. The van der Waals surface area contributed by atoms with Gasteiger partial charge >= 0.3 is 0 Å². The van der Waals surface area contributed by atoms with Gasteiger partial charge in [-0.1, -0.05) is 54.6 Å². The summed E-state index contributed by atoms with van der Waals surface area (Å²) in [6.07, 6.45) is 4.00. The highest BCUT2D eigenvalue weighted by atomic mass is 15.1. The molecule has 0 saturated carbocycles. The highest BCUT2D eigenvalue weighted by Gasteiger charge is 2.17. The first kappa shape index (κ1) is 19.8. The largest absolute Gasteiger partial charge is 0.360 e. The Kier molecular flexibility index (Phi) is 4.52. The molecule has 7 rings (SSSR count). The molecule has 168 valence electrons. The van der Waals surface area contributed by atoms with Gasteiger partial charge in [0.1, 0.15) is 0 Å². The summed E-state index contributed by atoms with van der Waals surface area (Å²) in [5.74, 6) is 0. The predicted octanol–water partition coefficient (Wildman–Crippen LogP) is 6.95. The second-order valence-electron chi connectivity index (χ2n) is 8.88. The summed E-state index contributed by atoms with van der Waals surface area (Å²) < 4.78 is 0. The standard InChI is InChI=1S/C30H23N5/c1-2-8-20(9-3-1)35(18-27-29-23(14-16-31-29)21-10-4-6-12-25(21)33-27)19-28-30-24(15-17-32-30)22-11-5-7-13-26(22)34-28/h1-17,31-32H,18-19H2. The highest BCUT2D eigenvalue weighted by molar-refractivity contribution is 6.06. The van der Waals surface area contributed by atoms with Crippen molar-refractivity contribution in [2.75, 3.05) is 4.90 Å². The first-order valence-corrected chi connectivity index (χ1v) is 11.8. The van der Waals surface area contributed by atoms with E-state index in [-0.39, 0.29) is 0 Å². The van der Waals surface area contributed by atoms with Crippen LogP contribution in [0.1, 0.15) is 11.4 Å². The van der Waals surface area contributed by atoms with Crippen molar-refractivity contribution in [3.05, 3.63) is 115 Å². The van der Waals surface area contributed by atoms with Crippen molar-refractivity contribution in [3.8, 4) is 0 Å². The number of benzene rings is 3. The van der Waals surface area contributed by atoms with Crippen LogP contribution in [0.2, 0.25) is 0 Å². The van der Waals surface area contributed by atoms with Gasteiger partial charge in [0.05, 0.1) is 46.5 Å². The van der Waals surface area contributed by atoms with Crippen molar-refractivity contribution in [2.45, 2.75) is 13.1 Å². The second kappa shape index (κ2) is 7.99. The molecule has 0 radical (unpaired) electrons. The average Bonchev–Trinajstić information content (AvgIpc) is 3.60. The van der Waals surface area contributed by atoms with Crippen LogP contribution in [-0.4, -0.2) is 19.9 Å². The van der Waals surface area contributed by atoms with Gasteiger partial charge in [-0.25, -0.2) is 9.97 Å². The lowest BCUT2D eigenvalue weighted by Gasteiger charge is -2.25. The fourth-order valence-electron chi connectivity index (χ4n) is 5.13. The molecular formula is C30H23N5. The number of aromatic amines is 2. The minimum absolute atomic E-state index is 0.655. The number of hydrogen-bond acceptors (Lipinski definition) is 3. The molecule has 4 aromatic heterocycles. The Morgan fingerprint density at radius 2 is 1.00 bits per heavy atom. The van der Waals surface area contributed by atoms with Crippen LogP contribution in [0.5, 0.6) is 0 Å². The summed E-state index contributed by atoms with van der Waals surface area (Å²) in [5.41, 5.74) is 7.38. The van der Waals surface area contributed by atoms with E-state index in [1.165, 1.54) is 21.5 Å². The summed E-state index contributed by atoms with van der Waals surface area (Å²) in [6, 6.07) is 31.5. The maximum absolute atomic E-state index is 5.08. The number of H-pyrrole nitrogens is 2. The third-order valence-electron chi connectivity index (χ3n) is 6.77. The molecule has 0 amide bonds. The molecule has 7 aromatic rings. The minimum atomic E-state index is 0.655. The fraction of sp³-hybridized carbons (Fsp3) is 0.0667. The number of fused-ring (bicyclic) bond motifs is 6. The molecule has 0 atom stereocenters. The van der Waals surface area contributed by atoms with E-state index in [2.05, 4.69) is 93.7 Å². The zero-order valence-corrected chi connectivity index (χ0v) is 19.1. The van der Waals surface area contributed by atoms with Gasteiger partial charge in [0.25, 0.3) is 0 Å². The smallest absolute Gasteiger partial charge is 0.0845 e. The molecule has 3 aromatic carbocycles. The minimum Gasteiger partial charge on any atom is -0.360 e. The van der Waals surface area contributed by atoms with Crippen molar-refractivity contribution in [1.82, 2.24) is 19.9 Å². The predicted molar refractivity (Wildman–Crippen MR) is 144 cm³/mol. The Hall–Kier alpha value is -4.64. The van der Waals surface area contributed by atoms with Crippen LogP contribution in [0, 0.1) is 0 Å². The first-order valence-electron chi connectivity index (χ1n) is 11.8. The van der Waals surface area contributed by atoms with Crippen molar-refractivity contribution < 1.29 is 0 Å². The molecule has 0 unspecified atom stereocenters. The van der Waals surface area contributed by atoms with E-state index >= 15 is 0 Å². The SMILES string of the molecule is c1ccc(N(Cc2nc3ccccc3c3cc[nH]c23)Cc2nc3ccccc3c3cc[nH]c23)cc1. The lowest BCUT2D eigenvalue weighted by molar-refractivity contribution is 0.777. The van der Waals surface area contributed by atoms with E-state index in [1.807, 2.05) is 24.5 Å². The fourth-order valence-corrected chi connectivity index (χ4v) is 5.13. The van der Waals surface area contributed by atoms with E-state index in [0.717, 1.165) is 39.1 Å². The van der Waals surface area contributed by atoms with E-state index in [0.29, 0.717) is 13.1 Å². The van der Waals surface area contributed by atoms with Gasteiger partial charge in [-0.05, 0) is 36.4 Å². The van der Waals surface area contributed by atoms with Crippen LogP contribution in [0.3, 0.4) is 0 Å². The number of rotatable bonds is 5. The van der Waals surface area contributed by atoms with Crippen LogP contribution >= 0.6 is 0 Å². The van der Waals surface area contributed by atoms with Gasteiger partial charge in [0.15, 0.2) is 0 Å². The van der Waals surface area contributed by atoms with E-state index in [9.17, 15) is 0 Å². The molecular weight excluding hydrogens is 430 g/mol. The molecule has 5 heteroatoms. The Balaban J connectivity index is 1.37. The van der Waals surface area contributed by atoms with Gasteiger partial charge in [-0.15, -0.1) is 0 Å². The summed E-state index contributed by atoms with van der Waals surface area (Å²) in [5, 5.41) is 4.74. The normalized spacial score (nSPS) is 11.7. The molecule has 2 N–H and O–H groups in total. The number of nitrogens with zero attached hydrogens (tertiary/aromatic N) is 3. The Morgan fingerprint density at radius 3 is 1.54 bits per heavy atom. The molecule has 5 nitrogen and oxygen atoms in total. The summed E-state index contributed by atoms with van der Waals surface area (Å²) >= 11 is 0. The Morgan fingerprint density at radius 1 is 0.514 bits per heavy atom. The van der Waals surface area contributed by atoms with Crippen LogP contribution in [-0.2, 0) is 13.1 Å². The number of nitrogens with one attached hydrogen (secondary N) is 2. The van der Waals surface area contributed by atoms with Gasteiger partial charge in [-0.3, -0.25) is 0 Å². The molecule has 4 heterocycles. The van der Waals surface area contributed by atoms with Crippen molar-refractivity contribution in [3.63, 3.8) is 0 Å². The molecule has 0 aliphatic carbocycles. The summed E-state index contributed by atoms with van der Waals surface area (Å²) in [7, 11) is 0.